The number of hydrogen-bond donors (Lipinski definition) is 1. The van der Waals surface area contributed by atoms with E-state index < -0.39 is 11.6 Å². The van der Waals surface area contributed by atoms with Crippen molar-refractivity contribution in [3.63, 3.8) is 0 Å². The second-order valence-electron chi connectivity index (χ2n) is 6.02. The fraction of sp³-hybridized carbons (Fsp3) is 0.500. The quantitative estimate of drug-likeness (QED) is 0.905. The third-order valence-corrected chi connectivity index (χ3v) is 4.58. The van der Waals surface area contributed by atoms with Gasteiger partial charge in [-0.3, -0.25) is 9.59 Å². The Hall–Kier alpha value is -1.91. The second kappa shape index (κ2) is 5.13. The molecule has 1 spiro atoms. The molecular formula is C16H19FN2O2. The van der Waals surface area contributed by atoms with Crippen LogP contribution >= 0.6 is 0 Å². The maximum atomic E-state index is 13.3. The molecule has 1 heterocycles. The first kappa shape index (κ1) is 14.0. The number of carbonyl (C=O) groups excluding carboxylic acids is 2. The van der Waals surface area contributed by atoms with Crippen molar-refractivity contribution in [2.75, 3.05) is 0 Å². The minimum absolute atomic E-state index is 0.0311. The molecule has 0 aromatic heterocycles. The summed E-state index contributed by atoms with van der Waals surface area (Å²) in [4.78, 5) is 26.6. The molecule has 1 saturated heterocycles. The summed E-state index contributed by atoms with van der Waals surface area (Å²) in [6.45, 7) is 1.99. The molecule has 1 N–H and O–H groups in total. The standard InChI is InChI=1S/C16H19FN2O2/c1-11-14(20)18-16(7-2-3-8-16)15(21)19(11)10-12-5-4-6-13(17)9-12/h4-6,9,11H,2-3,7-8,10H2,1H3,(H,18,20). The molecule has 3 rings (SSSR count). The van der Waals surface area contributed by atoms with Crippen molar-refractivity contribution in [1.29, 1.82) is 0 Å². The third kappa shape index (κ3) is 2.41. The highest BCUT2D eigenvalue weighted by Gasteiger charge is 2.50. The van der Waals surface area contributed by atoms with Crippen LogP contribution < -0.4 is 5.32 Å². The lowest BCUT2D eigenvalue weighted by Crippen LogP contribution is -2.68. The second-order valence-corrected chi connectivity index (χ2v) is 6.02. The molecular weight excluding hydrogens is 271 g/mol. The van der Waals surface area contributed by atoms with Gasteiger partial charge < -0.3 is 10.2 Å². The number of benzene rings is 1. The molecule has 1 aliphatic carbocycles. The lowest BCUT2D eigenvalue weighted by atomic mass is 9.90. The molecule has 1 aromatic rings. The molecule has 2 fully saturated rings. The Morgan fingerprint density at radius 3 is 2.71 bits per heavy atom. The number of hydrogen-bond acceptors (Lipinski definition) is 2. The number of rotatable bonds is 2. The Morgan fingerprint density at radius 1 is 1.33 bits per heavy atom. The SMILES string of the molecule is CC1C(=O)NC2(CCCC2)C(=O)N1Cc1cccc(F)c1. The lowest BCUT2D eigenvalue weighted by molar-refractivity contribution is -0.154. The van der Waals surface area contributed by atoms with Crippen molar-refractivity contribution >= 4 is 11.8 Å². The zero-order valence-corrected chi connectivity index (χ0v) is 12.1. The van der Waals surface area contributed by atoms with Crippen LogP contribution in [0.5, 0.6) is 0 Å². The van der Waals surface area contributed by atoms with Gasteiger partial charge in [-0.15, -0.1) is 0 Å². The average Bonchev–Trinajstić information content (AvgIpc) is 2.91. The van der Waals surface area contributed by atoms with Gasteiger partial charge in [-0.2, -0.15) is 0 Å². The number of nitrogens with zero attached hydrogens (tertiary/aromatic N) is 1. The van der Waals surface area contributed by atoms with E-state index in [2.05, 4.69) is 5.32 Å². The van der Waals surface area contributed by atoms with E-state index in [1.54, 1.807) is 24.0 Å². The van der Waals surface area contributed by atoms with Crippen molar-refractivity contribution in [1.82, 2.24) is 10.2 Å². The fourth-order valence-corrected chi connectivity index (χ4v) is 3.34. The number of amides is 2. The van der Waals surface area contributed by atoms with Crippen LogP contribution in [0.15, 0.2) is 24.3 Å². The number of carbonyl (C=O) groups is 2. The predicted octanol–water partition coefficient (Wildman–Crippen LogP) is 1.99. The highest BCUT2D eigenvalue weighted by Crippen LogP contribution is 2.35. The summed E-state index contributed by atoms with van der Waals surface area (Å²) in [5.41, 5.74) is -0.0188. The minimum atomic E-state index is -0.725. The van der Waals surface area contributed by atoms with E-state index in [4.69, 9.17) is 0 Å². The molecule has 1 atom stereocenters. The molecule has 0 radical (unpaired) electrons. The molecule has 4 nitrogen and oxygen atoms in total. The van der Waals surface area contributed by atoms with E-state index in [0.29, 0.717) is 18.4 Å². The van der Waals surface area contributed by atoms with E-state index in [9.17, 15) is 14.0 Å². The van der Waals surface area contributed by atoms with Gasteiger partial charge in [0.1, 0.15) is 17.4 Å². The molecule has 2 amide bonds. The first-order chi connectivity index (χ1) is 10.0. The zero-order chi connectivity index (χ0) is 15.0. The Morgan fingerprint density at radius 2 is 2.05 bits per heavy atom. The molecule has 1 aliphatic heterocycles. The number of nitrogens with one attached hydrogen (secondary N) is 1. The number of piperazine rings is 1. The topological polar surface area (TPSA) is 49.4 Å². The number of halogens is 1. The van der Waals surface area contributed by atoms with Crippen LogP contribution in [-0.2, 0) is 16.1 Å². The van der Waals surface area contributed by atoms with Gasteiger partial charge in [0, 0.05) is 6.54 Å². The summed E-state index contributed by atoms with van der Waals surface area (Å²) in [6, 6.07) is 5.66. The summed E-state index contributed by atoms with van der Waals surface area (Å²) in [5, 5.41) is 2.91. The van der Waals surface area contributed by atoms with Crippen LogP contribution in [0.3, 0.4) is 0 Å². The lowest BCUT2D eigenvalue weighted by Gasteiger charge is -2.43. The van der Waals surface area contributed by atoms with Crippen LogP contribution in [0.25, 0.3) is 0 Å². The van der Waals surface area contributed by atoms with Gasteiger partial charge in [0.05, 0.1) is 0 Å². The van der Waals surface area contributed by atoms with Gasteiger partial charge in [-0.1, -0.05) is 25.0 Å². The van der Waals surface area contributed by atoms with Crippen molar-refractivity contribution < 1.29 is 14.0 Å². The van der Waals surface area contributed by atoms with Crippen molar-refractivity contribution in [2.45, 2.75) is 50.7 Å². The molecule has 112 valence electrons. The highest BCUT2D eigenvalue weighted by molar-refractivity contribution is 5.99. The Balaban J connectivity index is 1.88. The van der Waals surface area contributed by atoms with Gasteiger partial charge in [0.25, 0.3) is 0 Å². The minimum Gasteiger partial charge on any atom is -0.340 e. The van der Waals surface area contributed by atoms with E-state index in [-0.39, 0.29) is 24.2 Å². The van der Waals surface area contributed by atoms with Gasteiger partial charge in [-0.25, -0.2) is 4.39 Å². The van der Waals surface area contributed by atoms with Crippen molar-refractivity contribution in [3.05, 3.63) is 35.6 Å². The smallest absolute Gasteiger partial charge is 0.249 e. The predicted molar refractivity (Wildman–Crippen MR) is 75.8 cm³/mol. The van der Waals surface area contributed by atoms with Crippen LogP contribution in [0, 0.1) is 5.82 Å². The molecule has 2 aliphatic rings. The first-order valence-electron chi connectivity index (χ1n) is 7.39. The highest BCUT2D eigenvalue weighted by atomic mass is 19.1. The first-order valence-corrected chi connectivity index (χ1v) is 7.39. The van der Waals surface area contributed by atoms with Crippen LogP contribution in [0.2, 0.25) is 0 Å². The largest absolute Gasteiger partial charge is 0.340 e. The van der Waals surface area contributed by atoms with E-state index >= 15 is 0 Å². The summed E-state index contributed by atoms with van der Waals surface area (Å²) in [6.07, 6.45) is 3.30. The van der Waals surface area contributed by atoms with Crippen LogP contribution in [0.1, 0.15) is 38.2 Å². The molecule has 1 unspecified atom stereocenters. The Labute approximate surface area is 123 Å². The van der Waals surface area contributed by atoms with E-state index in [0.717, 1.165) is 12.8 Å². The molecule has 0 bridgehead atoms. The maximum absolute atomic E-state index is 13.3. The van der Waals surface area contributed by atoms with Gasteiger partial charge in [-0.05, 0) is 37.5 Å². The summed E-state index contributed by atoms with van der Waals surface area (Å²) >= 11 is 0. The third-order valence-electron chi connectivity index (χ3n) is 4.58. The Kier molecular flexibility index (Phi) is 3.43. The molecule has 1 aromatic carbocycles. The zero-order valence-electron chi connectivity index (χ0n) is 12.1. The van der Waals surface area contributed by atoms with Crippen LogP contribution in [0.4, 0.5) is 4.39 Å². The maximum Gasteiger partial charge on any atom is 0.249 e. The molecule has 1 saturated carbocycles. The summed E-state index contributed by atoms with van der Waals surface area (Å²) < 4.78 is 13.3. The van der Waals surface area contributed by atoms with Crippen LogP contribution in [-0.4, -0.2) is 28.3 Å². The normalized spacial score (nSPS) is 24.5. The van der Waals surface area contributed by atoms with Gasteiger partial charge in [0.2, 0.25) is 11.8 Å². The summed E-state index contributed by atoms with van der Waals surface area (Å²) in [5.74, 6) is -0.478. The van der Waals surface area contributed by atoms with E-state index in [1.807, 2.05) is 0 Å². The fourth-order valence-electron chi connectivity index (χ4n) is 3.34. The molecule has 5 heteroatoms. The van der Waals surface area contributed by atoms with Crippen molar-refractivity contribution in [2.24, 2.45) is 0 Å². The Bertz CT molecular complexity index is 581. The molecule has 21 heavy (non-hydrogen) atoms. The van der Waals surface area contributed by atoms with E-state index in [1.165, 1.54) is 12.1 Å². The van der Waals surface area contributed by atoms with Gasteiger partial charge in [0.15, 0.2) is 0 Å². The average molecular weight is 290 g/mol. The van der Waals surface area contributed by atoms with Crippen molar-refractivity contribution in [3.8, 4) is 0 Å². The monoisotopic (exact) mass is 290 g/mol. The summed E-state index contributed by atoms with van der Waals surface area (Å²) in [7, 11) is 0. The van der Waals surface area contributed by atoms with Gasteiger partial charge >= 0.3 is 0 Å².